The molecule has 0 bridgehead atoms. The molecule has 1 atom stereocenters. The van der Waals surface area contributed by atoms with Crippen LogP contribution in [0.15, 0.2) is 24.3 Å². The SMILES string of the molecule is CC(C(=O)Nc1ccc(C(F)(F)F)cc1)N1CCCCCC1. The van der Waals surface area contributed by atoms with Crippen LogP contribution in [0, 0.1) is 0 Å². The molecule has 0 aromatic heterocycles. The van der Waals surface area contributed by atoms with Crippen molar-refractivity contribution < 1.29 is 18.0 Å². The minimum Gasteiger partial charge on any atom is -0.325 e. The van der Waals surface area contributed by atoms with Crippen LogP contribution in [-0.2, 0) is 11.0 Å². The zero-order valence-corrected chi connectivity index (χ0v) is 12.6. The van der Waals surface area contributed by atoms with Crippen molar-refractivity contribution in [2.24, 2.45) is 0 Å². The molecule has 1 saturated heterocycles. The summed E-state index contributed by atoms with van der Waals surface area (Å²) < 4.78 is 37.5. The second kappa shape index (κ2) is 7.13. The summed E-state index contributed by atoms with van der Waals surface area (Å²) in [5, 5.41) is 2.69. The van der Waals surface area contributed by atoms with E-state index in [2.05, 4.69) is 10.2 Å². The van der Waals surface area contributed by atoms with E-state index in [4.69, 9.17) is 0 Å². The van der Waals surface area contributed by atoms with Crippen LogP contribution in [0.1, 0.15) is 38.2 Å². The van der Waals surface area contributed by atoms with Crippen molar-refractivity contribution in [3.8, 4) is 0 Å². The summed E-state index contributed by atoms with van der Waals surface area (Å²) in [5.74, 6) is -0.179. The number of anilines is 1. The van der Waals surface area contributed by atoms with Gasteiger partial charge in [0, 0.05) is 5.69 Å². The van der Waals surface area contributed by atoms with Crippen molar-refractivity contribution >= 4 is 11.6 Å². The molecule has 6 heteroatoms. The fraction of sp³-hybridized carbons (Fsp3) is 0.562. The molecule has 0 aliphatic carbocycles. The molecule has 1 unspecified atom stereocenters. The molecule has 1 fully saturated rings. The molecule has 1 N–H and O–H groups in total. The molecular weight excluding hydrogens is 293 g/mol. The van der Waals surface area contributed by atoms with Gasteiger partial charge in [0.25, 0.3) is 0 Å². The second-order valence-corrected chi connectivity index (χ2v) is 5.69. The smallest absolute Gasteiger partial charge is 0.325 e. The van der Waals surface area contributed by atoms with Gasteiger partial charge in [-0.05, 0) is 57.1 Å². The van der Waals surface area contributed by atoms with E-state index in [0.29, 0.717) is 5.69 Å². The highest BCUT2D eigenvalue weighted by atomic mass is 19.4. The van der Waals surface area contributed by atoms with Crippen LogP contribution in [0.3, 0.4) is 0 Å². The Hall–Kier alpha value is -1.56. The average molecular weight is 314 g/mol. The van der Waals surface area contributed by atoms with Crippen LogP contribution in [0.2, 0.25) is 0 Å². The van der Waals surface area contributed by atoms with Crippen LogP contribution in [0.5, 0.6) is 0 Å². The van der Waals surface area contributed by atoms with Gasteiger partial charge in [0.1, 0.15) is 0 Å². The lowest BCUT2D eigenvalue weighted by molar-refractivity contribution is -0.137. The Kier molecular flexibility index (Phi) is 5.45. The van der Waals surface area contributed by atoms with Gasteiger partial charge in [-0.1, -0.05) is 12.8 Å². The van der Waals surface area contributed by atoms with E-state index in [0.717, 1.165) is 38.1 Å². The van der Waals surface area contributed by atoms with E-state index in [1.165, 1.54) is 25.0 Å². The van der Waals surface area contributed by atoms with E-state index >= 15 is 0 Å². The molecule has 3 nitrogen and oxygen atoms in total. The topological polar surface area (TPSA) is 32.3 Å². The highest BCUT2D eigenvalue weighted by molar-refractivity contribution is 5.94. The summed E-state index contributed by atoms with van der Waals surface area (Å²) in [6.45, 7) is 3.62. The Bertz CT molecular complexity index is 491. The zero-order chi connectivity index (χ0) is 16.2. The lowest BCUT2D eigenvalue weighted by Crippen LogP contribution is -2.42. The minimum atomic E-state index is -4.36. The summed E-state index contributed by atoms with van der Waals surface area (Å²) in [4.78, 5) is 14.4. The molecule has 2 rings (SSSR count). The van der Waals surface area contributed by atoms with Crippen molar-refractivity contribution in [3.05, 3.63) is 29.8 Å². The van der Waals surface area contributed by atoms with Gasteiger partial charge in [-0.2, -0.15) is 13.2 Å². The molecule has 1 aromatic carbocycles. The molecule has 1 heterocycles. The summed E-state index contributed by atoms with van der Waals surface area (Å²) >= 11 is 0. The van der Waals surface area contributed by atoms with E-state index < -0.39 is 11.7 Å². The number of carbonyl (C=O) groups is 1. The second-order valence-electron chi connectivity index (χ2n) is 5.69. The number of benzene rings is 1. The first-order chi connectivity index (χ1) is 10.4. The molecule has 1 aromatic rings. The van der Waals surface area contributed by atoms with E-state index in [-0.39, 0.29) is 11.9 Å². The highest BCUT2D eigenvalue weighted by Gasteiger charge is 2.30. The molecule has 122 valence electrons. The fourth-order valence-electron chi connectivity index (χ4n) is 2.64. The molecular formula is C16H21F3N2O. The third-order valence-electron chi connectivity index (χ3n) is 4.05. The number of likely N-dealkylation sites (tertiary alicyclic amines) is 1. The third kappa shape index (κ3) is 4.47. The molecule has 22 heavy (non-hydrogen) atoms. The van der Waals surface area contributed by atoms with Gasteiger partial charge in [0.15, 0.2) is 0 Å². The van der Waals surface area contributed by atoms with E-state index in [1.807, 2.05) is 6.92 Å². The number of halogens is 3. The highest BCUT2D eigenvalue weighted by Crippen LogP contribution is 2.29. The van der Waals surface area contributed by atoms with Crippen LogP contribution in [0.4, 0.5) is 18.9 Å². The van der Waals surface area contributed by atoms with Crippen LogP contribution in [-0.4, -0.2) is 29.9 Å². The first kappa shape index (κ1) is 16.8. The largest absolute Gasteiger partial charge is 0.416 e. The van der Waals surface area contributed by atoms with Crippen molar-refractivity contribution in [2.45, 2.75) is 44.8 Å². The lowest BCUT2D eigenvalue weighted by Gasteiger charge is -2.26. The number of nitrogens with zero attached hydrogens (tertiary/aromatic N) is 1. The summed E-state index contributed by atoms with van der Waals surface area (Å²) in [6.07, 6.45) is 0.172. The number of alkyl halides is 3. The number of nitrogens with one attached hydrogen (secondary N) is 1. The maximum atomic E-state index is 12.5. The summed E-state index contributed by atoms with van der Waals surface area (Å²) in [5.41, 5.74) is -0.328. The van der Waals surface area contributed by atoms with Crippen molar-refractivity contribution in [3.63, 3.8) is 0 Å². The standard InChI is InChI=1S/C16H21F3N2O/c1-12(21-10-4-2-3-5-11-21)15(22)20-14-8-6-13(7-9-14)16(17,18)19/h6-9,12H,2-5,10-11H2,1H3,(H,20,22). The number of carbonyl (C=O) groups excluding carboxylic acids is 1. The number of hydrogen-bond donors (Lipinski definition) is 1. The minimum absolute atomic E-state index is 0.179. The maximum absolute atomic E-state index is 12.5. The van der Waals surface area contributed by atoms with Crippen molar-refractivity contribution in [1.29, 1.82) is 0 Å². The average Bonchev–Trinajstić information content (AvgIpc) is 2.75. The quantitative estimate of drug-likeness (QED) is 0.917. The zero-order valence-electron chi connectivity index (χ0n) is 12.6. The van der Waals surface area contributed by atoms with Crippen LogP contribution >= 0.6 is 0 Å². The van der Waals surface area contributed by atoms with Crippen molar-refractivity contribution in [2.75, 3.05) is 18.4 Å². The van der Waals surface area contributed by atoms with Gasteiger partial charge >= 0.3 is 6.18 Å². The number of amides is 1. The van der Waals surface area contributed by atoms with Gasteiger partial charge in [-0.25, -0.2) is 0 Å². The lowest BCUT2D eigenvalue weighted by atomic mass is 10.2. The van der Waals surface area contributed by atoms with Gasteiger partial charge in [-0.3, -0.25) is 9.69 Å². The Morgan fingerprint density at radius 1 is 1.09 bits per heavy atom. The molecule has 1 aliphatic heterocycles. The molecule has 1 amide bonds. The Morgan fingerprint density at radius 3 is 2.14 bits per heavy atom. The molecule has 0 saturated carbocycles. The molecule has 0 radical (unpaired) electrons. The molecule has 0 spiro atoms. The third-order valence-corrected chi connectivity index (χ3v) is 4.05. The monoisotopic (exact) mass is 314 g/mol. The first-order valence-electron chi connectivity index (χ1n) is 7.60. The first-order valence-corrected chi connectivity index (χ1v) is 7.60. The maximum Gasteiger partial charge on any atom is 0.416 e. The fourth-order valence-corrected chi connectivity index (χ4v) is 2.64. The Labute approximate surface area is 128 Å². The van der Waals surface area contributed by atoms with E-state index in [9.17, 15) is 18.0 Å². The summed E-state index contributed by atoms with van der Waals surface area (Å²) in [6, 6.07) is 4.25. The van der Waals surface area contributed by atoms with Crippen LogP contribution in [0.25, 0.3) is 0 Å². The Morgan fingerprint density at radius 2 is 1.64 bits per heavy atom. The van der Waals surface area contributed by atoms with Crippen LogP contribution < -0.4 is 5.32 Å². The Balaban J connectivity index is 1.95. The predicted molar refractivity (Wildman–Crippen MR) is 79.6 cm³/mol. The number of hydrogen-bond acceptors (Lipinski definition) is 2. The molecule has 1 aliphatic rings. The van der Waals surface area contributed by atoms with E-state index in [1.54, 1.807) is 0 Å². The van der Waals surface area contributed by atoms with Crippen molar-refractivity contribution in [1.82, 2.24) is 4.90 Å². The van der Waals surface area contributed by atoms with Gasteiger partial charge < -0.3 is 5.32 Å². The normalized spacial score (nSPS) is 18.5. The van der Waals surface area contributed by atoms with Gasteiger partial charge in [0.2, 0.25) is 5.91 Å². The number of rotatable bonds is 3. The summed E-state index contributed by atoms with van der Waals surface area (Å²) in [7, 11) is 0. The van der Waals surface area contributed by atoms with Gasteiger partial charge in [-0.15, -0.1) is 0 Å². The predicted octanol–water partition coefficient (Wildman–Crippen LogP) is 3.91. The van der Waals surface area contributed by atoms with Gasteiger partial charge in [0.05, 0.1) is 11.6 Å².